The van der Waals surface area contributed by atoms with Gasteiger partial charge >= 0.3 is 0 Å². The second kappa shape index (κ2) is 6.53. The number of rotatable bonds is 4. The fraction of sp³-hybridized carbons (Fsp3) is 0.125. The van der Waals surface area contributed by atoms with Crippen molar-refractivity contribution >= 4 is 34.6 Å². The lowest BCUT2D eigenvalue weighted by Gasteiger charge is -2.03. The third-order valence-corrected chi connectivity index (χ3v) is 3.68. The molecule has 0 radical (unpaired) electrons. The van der Waals surface area contributed by atoms with Gasteiger partial charge in [0.2, 0.25) is 0 Å². The van der Waals surface area contributed by atoms with Gasteiger partial charge < -0.3 is 14.5 Å². The average Bonchev–Trinajstić information content (AvgIpc) is 3.12. The Kier molecular flexibility index (Phi) is 4.29. The van der Waals surface area contributed by atoms with Crippen LogP contribution < -0.4 is 10.1 Å². The van der Waals surface area contributed by atoms with Gasteiger partial charge in [-0.15, -0.1) is 0 Å². The molecule has 0 aliphatic carbocycles. The highest BCUT2D eigenvalue weighted by Crippen LogP contribution is 2.29. The van der Waals surface area contributed by atoms with Crippen molar-refractivity contribution in [3.8, 4) is 5.75 Å². The van der Waals surface area contributed by atoms with Gasteiger partial charge in [-0.1, -0.05) is 0 Å². The minimum Gasteiger partial charge on any atom is -0.494 e. The number of furan rings is 1. The number of benzene rings is 1. The zero-order valence-electron chi connectivity index (χ0n) is 11.9. The molecule has 6 heteroatoms. The van der Waals surface area contributed by atoms with Gasteiger partial charge in [-0.05, 0) is 61.2 Å². The van der Waals surface area contributed by atoms with Crippen molar-refractivity contribution in [3.05, 3.63) is 53.3 Å². The number of aliphatic imine (C=N–C) groups is 1. The Balaban J connectivity index is 1.86. The first-order valence-corrected chi connectivity index (χ1v) is 7.62. The number of carbonyl (C=O) groups excluding carboxylic acids is 1. The van der Waals surface area contributed by atoms with Crippen molar-refractivity contribution in [2.24, 2.45) is 4.99 Å². The van der Waals surface area contributed by atoms with Crippen LogP contribution in [0.5, 0.6) is 5.75 Å². The summed E-state index contributed by atoms with van der Waals surface area (Å²) in [6.45, 7) is 2.56. The van der Waals surface area contributed by atoms with Gasteiger partial charge in [0.05, 0.1) is 23.5 Å². The molecule has 1 N–H and O–H groups in total. The highest BCUT2D eigenvalue weighted by molar-refractivity contribution is 8.18. The Labute approximate surface area is 132 Å². The largest absolute Gasteiger partial charge is 0.494 e. The van der Waals surface area contributed by atoms with E-state index in [0.29, 0.717) is 18.2 Å². The first kappa shape index (κ1) is 14.5. The van der Waals surface area contributed by atoms with Gasteiger partial charge in [0.1, 0.15) is 17.3 Å². The number of ether oxygens (including phenoxy) is 1. The SMILES string of the molecule is CCOc1ccc(N=C2NC(=O)SC2=Cc2ccco2)cc1. The van der Waals surface area contributed by atoms with Gasteiger partial charge in [-0.3, -0.25) is 4.79 Å². The Bertz CT molecular complexity index is 718. The lowest BCUT2D eigenvalue weighted by Crippen LogP contribution is -2.18. The number of hydrogen-bond donors (Lipinski definition) is 1. The van der Waals surface area contributed by atoms with Crippen LogP contribution in [0.2, 0.25) is 0 Å². The van der Waals surface area contributed by atoms with Gasteiger partial charge in [-0.25, -0.2) is 4.99 Å². The molecule has 0 bridgehead atoms. The topological polar surface area (TPSA) is 63.8 Å². The monoisotopic (exact) mass is 314 g/mol. The lowest BCUT2D eigenvalue weighted by atomic mass is 10.3. The molecule has 0 atom stereocenters. The molecule has 1 amide bonds. The summed E-state index contributed by atoms with van der Waals surface area (Å²) in [5.74, 6) is 2.00. The second-order valence-corrected chi connectivity index (χ2v) is 5.44. The molecule has 1 aliphatic rings. The minimum absolute atomic E-state index is 0.150. The maximum absolute atomic E-state index is 11.6. The predicted molar refractivity (Wildman–Crippen MR) is 87.5 cm³/mol. The number of amides is 1. The van der Waals surface area contributed by atoms with Gasteiger partial charge in [0.15, 0.2) is 0 Å². The van der Waals surface area contributed by atoms with Crippen LogP contribution in [0.3, 0.4) is 0 Å². The van der Waals surface area contributed by atoms with Gasteiger partial charge in [0.25, 0.3) is 5.24 Å². The van der Waals surface area contributed by atoms with E-state index in [-0.39, 0.29) is 5.24 Å². The lowest BCUT2D eigenvalue weighted by molar-refractivity contribution is 0.265. The predicted octanol–water partition coefficient (Wildman–Crippen LogP) is 4.21. The summed E-state index contributed by atoms with van der Waals surface area (Å²) < 4.78 is 10.7. The van der Waals surface area contributed by atoms with Crippen molar-refractivity contribution in [1.82, 2.24) is 5.32 Å². The molecule has 1 fully saturated rings. The minimum atomic E-state index is -0.150. The molecule has 3 rings (SSSR count). The number of nitrogens with one attached hydrogen (secondary N) is 1. The summed E-state index contributed by atoms with van der Waals surface area (Å²) in [5.41, 5.74) is 0.742. The van der Waals surface area contributed by atoms with E-state index in [1.54, 1.807) is 18.4 Å². The van der Waals surface area contributed by atoms with Crippen LogP contribution >= 0.6 is 11.8 Å². The molecular weight excluding hydrogens is 300 g/mol. The summed E-state index contributed by atoms with van der Waals surface area (Å²) in [4.78, 5) is 16.8. The van der Waals surface area contributed by atoms with Crippen LogP contribution in [-0.2, 0) is 0 Å². The third-order valence-electron chi connectivity index (χ3n) is 2.86. The van der Waals surface area contributed by atoms with Gasteiger partial charge in [0, 0.05) is 0 Å². The molecule has 2 heterocycles. The van der Waals surface area contributed by atoms with E-state index < -0.39 is 0 Å². The van der Waals surface area contributed by atoms with Crippen LogP contribution in [0.15, 0.2) is 57.0 Å². The van der Waals surface area contributed by atoms with E-state index in [4.69, 9.17) is 9.15 Å². The normalized spacial score (nSPS) is 18.0. The summed E-state index contributed by atoms with van der Waals surface area (Å²) >= 11 is 1.10. The third kappa shape index (κ3) is 3.40. The quantitative estimate of drug-likeness (QED) is 0.918. The average molecular weight is 314 g/mol. The Morgan fingerprint density at radius 1 is 1.32 bits per heavy atom. The second-order valence-electron chi connectivity index (χ2n) is 4.43. The Hall–Kier alpha value is -2.47. The highest BCUT2D eigenvalue weighted by atomic mass is 32.2. The molecule has 5 nitrogen and oxygen atoms in total. The van der Waals surface area contributed by atoms with Crippen molar-refractivity contribution in [1.29, 1.82) is 0 Å². The fourth-order valence-electron chi connectivity index (χ4n) is 1.93. The molecule has 1 aromatic carbocycles. The van der Waals surface area contributed by atoms with Crippen LogP contribution in [0.25, 0.3) is 6.08 Å². The first-order valence-electron chi connectivity index (χ1n) is 6.80. The maximum atomic E-state index is 11.6. The number of hydrogen-bond acceptors (Lipinski definition) is 5. The molecule has 1 aromatic heterocycles. The molecule has 112 valence electrons. The first-order chi connectivity index (χ1) is 10.7. The zero-order chi connectivity index (χ0) is 15.4. The van der Waals surface area contributed by atoms with E-state index in [1.807, 2.05) is 37.3 Å². The molecule has 1 saturated heterocycles. The van der Waals surface area contributed by atoms with Gasteiger partial charge in [-0.2, -0.15) is 0 Å². The van der Waals surface area contributed by atoms with E-state index in [0.717, 1.165) is 28.1 Å². The van der Waals surface area contributed by atoms with Crippen LogP contribution in [0.1, 0.15) is 12.7 Å². The standard InChI is InChI=1S/C16H14N2O3S/c1-2-20-12-7-5-11(6-8-12)17-15-14(22-16(19)18-15)10-13-4-3-9-21-13/h3-10H,2H2,1H3,(H,17,18,19). The Morgan fingerprint density at radius 3 is 2.82 bits per heavy atom. The number of amidine groups is 1. The summed E-state index contributed by atoms with van der Waals surface area (Å²) in [5, 5.41) is 2.59. The van der Waals surface area contributed by atoms with Crippen molar-refractivity contribution in [2.45, 2.75) is 6.92 Å². The number of nitrogens with zero attached hydrogens (tertiary/aromatic N) is 1. The fourth-order valence-corrected chi connectivity index (χ4v) is 2.64. The Morgan fingerprint density at radius 2 is 2.14 bits per heavy atom. The van der Waals surface area contributed by atoms with E-state index in [9.17, 15) is 4.79 Å². The van der Waals surface area contributed by atoms with E-state index in [2.05, 4.69) is 10.3 Å². The molecular formula is C16H14N2O3S. The molecule has 0 unspecified atom stereocenters. The van der Waals surface area contributed by atoms with Crippen LogP contribution in [-0.4, -0.2) is 17.7 Å². The van der Waals surface area contributed by atoms with E-state index in [1.165, 1.54) is 0 Å². The number of thioether (sulfide) groups is 1. The molecule has 0 spiro atoms. The van der Waals surface area contributed by atoms with E-state index >= 15 is 0 Å². The summed E-state index contributed by atoms with van der Waals surface area (Å²) in [7, 11) is 0. The molecule has 22 heavy (non-hydrogen) atoms. The van der Waals surface area contributed by atoms with Crippen LogP contribution in [0, 0.1) is 0 Å². The van der Waals surface area contributed by atoms with Crippen molar-refractivity contribution in [2.75, 3.05) is 6.61 Å². The van der Waals surface area contributed by atoms with Crippen LogP contribution in [0.4, 0.5) is 10.5 Å². The van der Waals surface area contributed by atoms with Crippen molar-refractivity contribution < 1.29 is 13.9 Å². The highest BCUT2D eigenvalue weighted by Gasteiger charge is 2.23. The summed E-state index contributed by atoms with van der Waals surface area (Å²) in [6, 6.07) is 11.0. The molecule has 2 aromatic rings. The van der Waals surface area contributed by atoms with Crippen molar-refractivity contribution in [3.63, 3.8) is 0 Å². The molecule has 0 saturated carbocycles. The molecule has 1 aliphatic heterocycles. The zero-order valence-corrected chi connectivity index (χ0v) is 12.7. The maximum Gasteiger partial charge on any atom is 0.289 e. The number of carbonyl (C=O) groups is 1. The summed E-state index contributed by atoms with van der Waals surface area (Å²) in [6.07, 6.45) is 3.38. The smallest absolute Gasteiger partial charge is 0.289 e.